The van der Waals surface area contributed by atoms with E-state index in [0.29, 0.717) is 66.1 Å². The normalized spacial score (nSPS) is 11.3. The summed E-state index contributed by atoms with van der Waals surface area (Å²) < 4.78 is 41.9. The van der Waals surface area contributed by atoms with E-state index in [9.17, 15) is 19.2 Å². The molecule has 0 rings (SSSR count). The summed E-state index contributed by atoms with van der Waals surface area (Å²) in [5.41, 5.74) is -0.670. The molecule has 0 heterocycles. The van der Waals surface area contributed by atoms with Crippen molar-refractivity contribution in [1.82, 2.24) is 15.5 Å². The minimum atomic E-state index is -0.670. The second kappa shape index (κ2) is 27.2. The molecule has 15 heteroatoms. The van der Waals surface area contributed by atoms with Crippen molar-refractivity contribution in [2.24, 2.45) is 0 Å². The molecule has 0 saturated carbocycles. The van der Waals surface area contributed by atoms with Crippen molar-refractivity contribution in [3.63, 3.8) is 0 Å². The molecule has 0 aliphatic carbocycles. The summed E-state index contributed by atoms with van der Waals surface area (Å²) in [7, 11) is 3.19. The van der Waals surface area contributed by atoms with Gasteiger partial charge in [-0.2, -0.15) is 0 Å². The van der Waals surface area contributed by atoms with Crippen LogP contribution in [-0.4, -0.2) is 154 Å². The van der Waals surface area contributed by atoms with Crippen molar-refractivity contribution >= 4 is 23.7 Å². The Labute approximate surface area is 255 Å². The van der Waals surface area contributed by atoms with Gasteiger partial charge in [-0.15, -0.1) is 0 Å². The fraction of sp³-hybridized carbons (Fsp3) is 0.857. The van der Waals surface area contributed by atoms with Gasteiger partial charge in [0, 0.05) is 33.7 Å². The molecule has 0 aromatic heterocycles. The van der Waals surface area contributed by atoms with E-state index in [1.54, 1.807) is 35.0 Å². The molecule has 252 valence electrons. The quantitative estimate of drug-likeness (QED) is 0.0851. The molecular formula is C28H53N3O12. The Balaban J connectivity index is 4.44. The van der Waals surface area contributed by atoms with Gasteiger partial charge < -0.3 is 53.4 Å². The van der Waals surface area contributed by atoms with Crippen LogP contribution in [0.25, 0.3) is 0 Å². The van der Waals surface area contributed by atoms with E-state index in [4.69, 9.17) is 37.9 Å². The van der Waals surface area contributed by atoms with Gasteiger partial charge in [0.1, 0.15) is 5.60 Å². The maximum atomic E-state index is 12.8. The molecule has 0 bridgehead atoms. The van der Waals surface area contributed by atoms with Crippen LogP contribution in [0.4, 0.5) is 0 Å². The van der Waals surface area contributed by atoms with Crippen LogP contribution in [0.3, 0.4) is 0 Å². The van der Waals surface area contributed by atoms with Crippen molar-refractivity contribution in [3.8, 4) is 0 Å². The Hall–Kier alpha value is -2.40. The van der Waals surface area contributed by atoms with E-state index < -0.39 is 29.3 Å². The zero-order valence-corrected chi connectivity index (χ0v) is 26.6. The lowest BCUT2D eigenvalue weighted by Gasteiger charge is -2.23. The summed E-state index contributed by atoms with van der Waals surface area (Å²) in [6, 6.07) is 0. The molecule has 0 saturated heterocycles. The number of carbonyl (C=O) groups excluding carboxylic acids is 4. The highest BCUT2D eigenvalue weighted by atomic mass is 16.6. The Bertz CT molecular complexity index is 749. The van der Waals surface area contributed by atoms with Gasteiger partial charge in [0.15, 0.2) is 0 Å². The SMILES string of the molecule is COCCOCCOCCNC(=O)CNC(=O)CN(CCOCCOCCOCCOC)C(=O)CCC(=O)OC(C)(C)C. The Morgan fingerprint density at radius 3 is 1.60 bits per heavy atom. The Kier molecular flexibility index (Phi) is 25.7. The fourth-order valence-electron chi connectivity index (χ4n) is 3.11. The van der Waals surface area contributed by atoms with Gasteiger partial charge >= 0.3 is 5.97 Å². The third kappa shape index (κ3) is 28.1. The number of hydrogen-bond acceptors (Lipinski definition) is 12. The van der Waals surface area contributed by atoms with E-state index in [1.165, 1.54) is 4.90 Å². The van der Waals surface area contributed by atoms with Gasteiger partial charge in [0.05, 0.1) is 98.8 Å². The van der Waals surface area contributed by atoms with Gasteiger partial charge in [0.25, 0.3) is 0 Å². The number of amides is 3. The highest BCUT2D eigenvalue weighted by Crippen LogP contribution is 2.10. The maximum Gasteiger partial charge on any atom is 0.306 e. The number of nitrogens with zero attached hydrogens (tertiary/aromatic N) is 1. The molecule has 0 aromatic carbocycles. The summed E-state index contributed by atoms with van der Waals surface area (Å²) in [4.78, 5) is 50.7. The fourth-order valence-corrected chi connectivity index (χ4v) is 3.11. The average molecular weight is 624 g/mol. The summed E-state index contributed by atoms with van der Waals surface area (Å²) in [6.45, 7) is 9.76. The molecule has 43 heavy (non-hydrogen) atoms. The lowest BCUT2D eigenvalue weighted by atomic mass is 10.2. The number of nitrogens with one attached hydrogen (secondary N) is 2. The maximum absolute atomic E-state index is 12.8. The zero-order valence-electron chi connectivity index (χ0n) is 26.6. The number of methoxy groups -OCH3 is 2. The number of carbonyl (C=O) groups is 4. The van der Waals surface area contributed by atoms with Gasteiger partial charge in [-0.1, -0.05) is 0 Å². The van der Waals surface area contributed by atoms with Crippen LogP contribution in [0.2, 0.25) is 0 Å². The molecule has 0 aliphatic rings. The van der Waals surface area contributed by atoms with Crippen LogP contribution in [0.15, 0.2) is 0 Å². The number of rotatable bonds is 28. The number of ether oxygens (including phenoxy) is 8. The molecule has 0 aromatic rings. The highest BCUT2D eigenvalue weighted by molar-refractivity contribution is 5.89. The minimum absolute atomic E-state index is 0.111. The smallest absolute Gasteiger partial charge is 0.306 e. The van der Waals surface area contributed by atoms with Gasteiger partial charge in [-0.25, -0.2) is 0 Å². The molecule has 3 amide bonds. The standard InChI is InChI=1S/C28H53N3O12/c1-28(2,3)43-27(35)7-6-26(34)31(9-11-39-17-19-42-21-20-41-15-13-37-5)23-25(33)30-22-24(32)29-8-10-38-16-18-40-14-12-36-4/h6-23H2,1-5H3,(H,29,32)(H,30,33). The van der Waals surface area contributed by atoms with Crippen LogP contribution in [0.5, 0.6) is 0 Å². The third-order valence-electron chi connectivity index (χ3n) is 5.15. The molecule has 0 fully saturated rings. The minimum Gasteiger partial charge on any atom is -0.460 e. The topological polar surface area (TPSA) is 169 Å². The molecular weight excluding hydrogens is 570 g/mol. The molecule has 0 spiro atoms. The van der Waals surface area contributed by atoms with Crippen molar-refractivity contribution < 1.29 is 57.1 Å². The molecule has 0 unspecified atom stereocenters. The van der Waals surface area contributed by atoms with Crippen molar-refractivity contribution in [1.29, 1.82) is 0 Å². The van der Waals surface area contributed by atoms with Crippen LogP contribution in [0, 0.1) is 0 Å². The Morgan fingerprint density at radius 1 is 0.605 bits per heavy atom. The summed E-state index contributed by atoms with van der Waals surface area (Å²) >= 11 is 0. The molecule has 0 radical (unpaired) electrons. The van der Waals surface area contributed by atoms with Gasteiger partial charge in [-0.05, 0) is 20.8 Å². The monoisotopic (exact) mass is 623 g/mol. The predicted molar refractivity (Wildman–Crippen MR) is 156 cm³/mol. The van der Waals surface area contributed by atoms with Crippen LogP contribution in [-0.2, 0) is 57.1 Å². The van der Waals surface area contributed by atoms with E-state index in [0.717, 1.165) is 0 Å². The average Bonchev–Trinajstić information content (AvgIpc) is 2.95. The van der Waals surface area contributed by atoms with E-state index in [2.05, 4.69) is 10.6 Å². The van der Waals surface area contributed by atoms with E-state index in [-0.39, 0.29) is 52.2 Å². The first kappa shape index (κ1) is 40.6. The summed E-state index contributed by atoms with van der Waals surface area (Å²) in [5.74, 6) is -1.85. The van der Waals surface area contributed by atoms with Crippen LogP contribution >= 0.6 is 0 Å². The van der Waals surface area contributed by atoms with Crippen LogP contribution < -0.4 is 10.6 Å². The first-order valence-electron chi connectivity index (χ1n) is 14.5. The second-order valence-corrected chi connectivity index (χ2v) is 10.1. The highest BCUT2D eigenvalue weighted by Gasteiger charge is 2.21. The predicted octanol–water partition coefficient (Wildman–Crippen LogP) is -0.455. The molecule has 15 nitrogen and oxygen atoms in total. The lowest BCUT2D eigenvalue weighted by Crippen LogP contribution is -2.45. The Morgan fingerprint density at radius 2 is 1.09 bits per heavy atom. The third-order valence-corrected chi connectivity index (χ3v) is 5.15. The van der Waals surface area contributed by atoms with Gasteiger partial charge in [-0.3, -0.25) is 19.2 Å². The largest absolute Gasteiger partial charge is 0.460 e. The number of hydrogen-bond donors (Lipinski definition) is 2. The first-order chi connectivity index (χ1) is 20.6. The van der Waals surface area contributed by atoms with E-state index >= 15 is 0 Å². The van der Waals surface area contributed by atoms with E-state index in [1.807, 2.05) is 0 Å². The first-order valence-corrected chi connectivity index (χ1v) is 14.5. The molecule has 0 aliphatic heterocycles. The van der Waals surface area contributed by atoms with Crippen molar-refractivity contribution in [3.05, 3.63) is 0 Å². The molecule has 0 atom stereocenters. The van der Waals surface area contributed by atoms with Crippen molar-refractivity contribution in [2.45, 2.75) is 39.2 Å². The molecule has 2 N–H and O–H groups in total. The summed E-state index contributed by atoms with van der Waals surface area (Å²) in [5, 5.41) is 5.13. The lowest BCUT2D eigenvalue weighted by molar-refractivity contribution is -0.156. The van der Waals surface area contributed by atoms with Gasteiger partial charge in [0.2, 0.25) is 17.7 Å². The number of esters is 1. The van der Waals surface area contributed by atoms with Crippen LogP contribution in [0.1, 0.15) is 33.6 Å². The summed E-state index contributed by atoms with van der Waals surface area (Å²) in [6.07, 6.45) is -0.259. The zero-order chi connectivity index (χ0) is 32.2. The van der Waals surface area contributed by atoms with Crippen molar-refractivity contribution in [2.75, 3.05) is 120 Å². The second-order valence-electron chi connectivity index (χ2n) is 10.1.